The summed E-state index contributed by atoms with van der Waals surface area (Å²) in [6, 6.07) is 2.99. The highest BCUT2D eigenvalue weighted by molar-refractivity contribution is 5.92. The second-order valence-electron chi connectivity index (χ2n) is 3.00. The summed E-state index contributed by atoms with van der Waals surface area (Å²) in [6.07, 6.45) is 1.30. The summed E-state index contributed by atoms with van der Waals surface area (Å²) < 4.78 is 30.2. The molecule has 3 nitrogen and oxygen atoms in total. The van der Waals surface area contributed by atoms with Crippen molar-refractivity contribution in [1.82, 2.24) is 5.32 Å². The molecule has 0 bridgehead atoms. The van der Waals surface area contributed by atoms with Crippen LogP contribution < -0.4 is 5.32 Å². The minimum atomic E-state index is -0.702. The van der Waals surface area contributed by atoms with Crippen molar-refractivity contribution in [3.8, 4) is 0 Å². The molecular formula is C11H11F2NO2. The number of hydrogen-bond donors (Lipinski definition) is 1. The lowest BCUT2D eigenvalue weighted by molar-refractivity contribution is -0.136. The monoisotopic (exact) mass is 227 g/mol. The summed E-state index contributed by atoms with van der Waals surface area (Å²) in [6.45, 7) is 0. The SMILES string of the molecule is CN/C(=C\c1cc(F)cc(F)c1)C(=O)OC. The zero-order chi connectivity index (χ0) is 12.1. The number of rotatable bonds is 3. The molecule has 0 amide bonds. The van der Waals surface area contributed by atoms with E-state index in [2.05, 4.69) is 10.1 Å². The summed E-state index contributed by atoms with van der Waals surface area (Å²) in [5.74, 6) is -2.01. The van der Waals surface area contributed by atoms with Gasteiger partial charge in [0.15, 0.2) is 0 Å². The standard InChI is InChI=1S/C11H11F2NO2/c1-14-10(11(15)16-2)5-7-3-8(12)6-9(13)4-7/h3-6,14H,1-2H3/b10-5-. The largest absolute Gasteiger partial charge is 0.464 e. The molecule has 1 N–H and O–H groups in total. The molecule has 16 heavy (non-hydrogen) atoms. The molecule has 0 fully saturated rings. The van der Waals surface area contributed by atoms with Crippen molar-refractivity contribution < 1.29 is 18.3 Å². The molecule has 5 heteroatoms. The Balaban J connectivity index is 3.08. The Labute approximate surface area is 91.7 Å². The van der Waals surface area contributed by atoms with Crippen molar-refractivity contribution in [3.63, 3.8) is 0 Å². The number of esters is 1. The molecule has 0 saturated heterocycles. The smallest absolute Gasteiger partial charge is 0.354 e. The molecule has 1 aromatic carbocycles. The predicted octanol–water partition coefficient (Wildman–Crippen LogP) is 1.70. The Morgan fingerprint density at radius 1 is 1.31 bits per heavy atom. The maximum Gasteiger partial charge on any atom is 0.354 e. The number of benzene rings is 1. The number of likely N-dealkylation sites (N-methyl/N-ethyl adjacent to an activating group) is 1. The summed E-state index contributed by atoms with van der Waals surface area (Å²) in [5.41, 5.74) is 0.361. The summed E-state index contributed by atoms with van der Waals surface area (Å²) >= 11 is 0. The second-order valence-corrected chi connectivity index (χ2v) is 3.00. The molecule has 0 radical (unpaired) electrons. The van der Waals surface area contributed by atoms with Gasteiger partial charge in [0.25, 0.3) is 0 Å². The van der Waals surface area contributed by atoms with Crippen LogP contribution in [0.5, 0.6) is 0 Å². The van der Waals surface area contributed by atoms with E-state index in [1.807, 2.05) is 0 Å². The summed E-state index contributed by atoms with van der Waals surface area (Å²) in [5, 5.41) is 2.58. The van der Waals surface area contributed by atoms with Gasteiger partial charge >= 0.3 is 5.97 Å². The molecule has 1 rings (SSSR count). The molecule has 0 aliphatic rings. The first kappa shape index (κ1) is 12.2. The average Bonchev–Trinajstić information content (AvgIpc) is 2.23. The van der Waals surface area contributed by atoms with Crippen molar-refractivity contribution in [2.45, 2.75) is 0 Å². The summed E-state index contributed by atoms with van der Waals surface area (Å²) in [4.78, 5) is 11.2. The van der Waals surface area contributed by atoms with Crippen LogP contribution in [0.4, 0.5) is 8.78 Å². The number of carbonyl (C=O) groups is 1. The van der Waals surface area contributed by atoms with Gasteiger partial charge in [0.1, 0.15) is 17.3 Å². The van der Waals surface area contributed by atoms with Crippen LogP contribution in [0.1, 0.15) is 5.56 Å². The topological polar surface area (TPSA) is 38.3 Å². The predicted molar refractivity (Wildman–Crippen MR) is 55.4 cm³/mol. The number of hydrogen-bond acceptors (Lipinski definition) is 3. The Hall–Kier alpha value is -1.91. The molecule has 0 aliphatic carbocycles. The van der Waals surface area contributed by atoms with Crippen LogP contribution in [0, 0.1) is 11.6 Å². The Morgan fingerprint density at radius 2 is 1.88 bits per heavy atom. The Morgan fingerprint density at radius 3 is 2.31 bits per heavy atom. The molecule has 86 valence electrons. The fourth-order valence-corrected chi connectivity index (χ4v) is 1.17. The van der Waals surface area contributed by atoms with E-state index >= 15 is 0 Å². The minimum absolute atomic E-state index is 0.118. The van der Waals surface area contributed by atoms with Crippen molar-refractivity contribution >= 4 is 12.0 Å². The van der Waals surface area contributed by atoms with Gasteiger partial charge in [-0.05, 0) is 23.8 Å². The highest BCUT2D eigenvalue weighted by Crippen LogP contribution is 2.11. The van der Waals surface area contributed by atoms with E-state index in [9.17, 15) is 13.6 Å². The maximum absolute atomic E-state index is 12.9. The molecule has 0 spiro atoms. The van der Waals surface area contributed by atoms with Crippen LogP contribution in [0.25, 0.3) is 6.08 Å². The normalized spacial score (nSPS) is 11.1. The Bertz CT molecular complexity index is 410. The Kier molecular flexibility index (Phi) is 3.99. The third kappa shape index (κ3) is 3.05. The quantitative estimate of drug-likeness (QED) is 0.631. The minimum Gasteiger partial charge on any atom is -0.464 e. The number of nitrogens with one attached hydrogen (secondary N) is 1. The van der Waals surface area contributed by atoms with Crippen LogP contribution in [-0.4, -0.2) is 20.1 Å². The highest BCUT2D eigenvalue weighted by Gasteiger charge is 2.07. The lowest BCUT2D eigenvalue weighted by atomic mass is 10.2. The molecule has 0 aliphatic heterocycles. The zero-order valence-electron chi connectivity index (χ0n) is 8.88. The first-order chi connectivity index (χ1) is 7.56. The van der Waals surface area contributed by atoms with Crippen molar-refractivity contribution in [3.05, 3.63) is 41.1 Å². The van der Waals surface area contributed by atoms with E-state index in [1.165, 1.54) is 20.2 Å². The van der Waals surface area contributed by atoms with Gasteiger partial charge < -0.3 is 10.1 Å². The first-order valence-corrected chi connectivity index (χ1v) is 4.50. The zero-order valence-corrected chi connectivity index (χ0v) is 8.88. The molecule has 0 saturated carbocycles. The molecule has 0 unspecified atom stereocenters. The van der Waals surface area contributed by atoms with E-state index in [-0.39, 0.29) is 11.3 Å². The van der Waals surface area contributed by atoms with Crippen molar-refractivity contribution in [2.24, 2.45) is 0 Å². The highest BCUT2D eigenvalue weighted by atomic mass is 19.1. The fraction of sp³-hybridized carbons (Fsp3) is 0.182. The van der Waals surface area contributed by atoms with Crippen molar-refractivity contribution in [1.29, 1.82) is 0 Å². The number of carbonyl (C=O) groups excluding carboxylic acids is 1. The van der Waals surface area contributed by atoms with Crippen LogP contribution >= 0.6 is 0 Å². The third-order valence-electron chi connectivity index (χ3n) is 1.87. The number of ether oxygens (including phenoxy) is 1. The van der Waals surface area contributed by atoms with Gasteiger partial charge in [-0.25, -0.2) is 13.6 Å². The van der Waals surface area contributed by atoms with Crippen LogP contribution in [0.15, 0.2) is 23.9 Å². The van der Waals surface area contributed by atoms with Crippen LogP contribution in [0.2, 0.25) is 0 Å². The third-order valence-corrected chi connectivity index (χ3v) is 1.87. The number of halogens is 2. The summed E-state index contributed by atoms with van der Waals surface area (Å²) in [7, 11) is 2.73. The lowest BCUT2D eigenvalue weighted by Crippen LogP contribution is -2.17. The van der Waals surface area contributed by atoms with Gasteiger partial charge in [-0.1, -0.05) is 0 Å². The van der Waals surface area contributed by atoms with Gasteiger partial charge in [-0.2, -0.15) is 0 Å². The lowest BCUT2D eigenvalue weighted by Gasteiger charge is -2.04. The molecule has 0 aromatic heterocycles. The second kappa shape index (κ2) is 5.25. The molecular weight excluding hydrogens is 216 g/mol. The van der Waals surface area contributed by atoms with E-state index in [4.69, 9.17) is 0 Å². The average molecular weight is 227 g/mol. The first-order valence-electron chi connectivity index (χ1n) is 4.50. The van der Waals surface area contributed by atoms with E-state index in [1.54, 1.807) is 0 Å². The van der Waals surface area contributed by atoms with Crippen LogP contribution in [0.3, 0.4) is 0 Å². The van der Waals surface area contributed by atoms with Gasteiger partial charge in [-0.3, -0.25) is 0 Å². The molecule has 0 heterocycles. The van der Waals surface area contributed by atoms with Crippen molar-refractivity contribution in [2.75, 3.05) is 14.2 Å². The molecule has 0 atom stereocenters. The number of methoxy groups -OCH3 is 1. The van der Waals surface area contributed by atoms with E-state index in [0.29, 0.717) is 0 Å². The van der Waals surface area contributed by atoms with Gasteiger partial charge in [0.2, 0.25) is 0 Å². The van der Waals surface area contributed by atoms with E-state index in [0.717, 1.165) is 18.2 Å². The van der Waals surface area contributed by atoms with Gasteiger partial charge in [0, 0.05) is 13.1 Å². The van der Waals surface area contributed by atoms with Crippen LogP contribution in [-0.2, 0) is 9.53 Å². The van der Waals surface area contributed by atoms with E-state index < -0.39 is 17.6 Å². The van der Waals surface area contributed by atoms with Gasteiger partial charge in [0.05, 0.1) is 7.11 Å². The van der Waals surface area contributed by atoms with Gasteiger partial charge in [-0.15, -0.1) is 0 Å². The maximum atomic E-state index is 12.9. The molecule has 1 aromatic rings. The fourth-order valence-electron chi connectivity index (χ4n) is 1.17.